The lowest BCUT2D eigenvalue weighted by Gasteiger charge is -2.15. The SMILES string of the molecule is COC(=O)CCCCC(C)CCCC(C)CCCC(C)C. The van der Waals surface area contributed by atoms with E-state index in [1.165, 1.54) is 52.1 Å². The fraction of sp³-hybridized carbons (Fsp3) is 0.947. The number of unbranched alkanes of at least 4 members (excludes halogenated alkanes) is 1. The molecule has 0 aliphatic heterocycles. The first-order valence-electron chi connectivity index (χ1n) is 9.02. The molecule has 0 aromatic rings. The van der Waals surface area contributed by atoms with E-state index in [1.807, 2.05) is 0 Å². The summed E-state index contributed by atoms with van der Waals surface area (Å²) < 4.78 is 4.66. The summed E-state index contributed by atoms with van der Waals surface area (Å²) in [6, 6.07) is 0. The molecule has 0 saturated carbocycles. The second-order valence-electron chi connectivity index (χ2n) is 7.29. The van der Waals surface area contributed by atoms with E-state index in [4.69, 9.17) is 0 Å². The van der Waals surface area contributed by atoms with Crippen LogP contribution < -0.4 is 0 Å². The fourth-order valence-corrected chi connectivity index (χ4v) is 2.84. The molecule has 126 valence electrons. The molecule has 0 rings (SSSR count). The molecule has 2 unspecified atom stereocenters. The number of ether oxygens (including phenoxy) is 1. The number of carbonyl (C=O) groups is 1. The Kier molecular flexibility index (Phi) is 12.8. The third kappa shape index (κ3) is 14.2. The number of carbonyl (C=O) groups excluding carboxylic acids is 1. The van der Waals surface area contributed by atoms with Gasteiger partial charge in [0.15, 0.2) is 0 Å². The molecule has 0 aromatic carbocycles. The zero-order valence-corrected chi connectivity index (χ0v) is 15.1. The fourth-order valence-electron chi connectivity index (χ4n) is 2.84. The third-order valence-electron chi connectivity index (χ3n) is 4.43. The molecule has 0 heterocycles. The van der Waals surface area contributed by atoms with Gasteiger partial charge in [-0.2, -0.15) is 0 Å². The Morgan fingerprint density at radius 3 is 1.71 bits per heavy atom. The van der Waals surface area contributed by atoms with E-state index in [0.717, 1.165) is 30.6 Å². The van der Waals surface area contributed by atoms with Gasteiger partial charge in [-0.15, -0.1) is 0 Å². The van der Waals surface area contributed by atoms with Crippen molar-refractivity contribution in [2.24, 2.45) is 17.8 Å². The van der Waals surface area contributed by atoms with Gasteiger partial charge >= 0.3 is 5.97 Å². The molecular formula is C19H38O2. The lowest BCUT2D eigenvalue weighted by atomic mass is 9.92. The summed E-state index contributed by atoms with van der Waals surface area (Å²) in [6.45, 7) is 9.38. The van der Waals surface area contributed by atoms with Crippen LogP contribution >= 0.6 is 0 Å². The van der Waals surface area contributed by atoms with Crippen molar-refractivity contribution in [1.82, 2.24) is 0 Å². The van der Waals surface area contributed by atoms with Crippen molar-refractivity contribution in [1.29, 1.82) is 0 Å². The van der Waals surface area contributed by atoms with Crippen LogP contribution in [0.1, 0.15) is 91.9 Å². The Morgan fingerprint density at radius 1 is 0.762 bits per heavy atom. The minimum absolute atomic E-state index is 0.0714. The van der Waals surface area contributed by atoms with Gasteiger partial charge in [-0.25, -0.2) is 0 Å². The molecule has 21 heavy (non-hydrogen) atoms. The van der Waals surface area contributed by atoms with Crippen molar-refractivity contribution in [3.05, 3.63) is 0 Å². The summed E-state index contributed by atoms with van der Waals surface area (Å²) in [5.41, 5.74) is 0. The highest BCUT2D eigenvalue weighted by Gasteiger charge is 2.07. The van der Waals surface area contributed by atoms with Gasteiger partial charge in [0.1, 0.15) is 0 Å². The van der Waals surface area contributed by atoms with Crippen LogP contribution in [0.25, 0.3) is 0 Å². The standard InChI is InChI=1S/C19H38O2/c1-16(2)10-8-12-18(4)14-9-13-17(3)11-6-7-15-19(20)21-5/h16-18H,6-15H2,1-5H3. The van der Waals surface area contributed by atoms with Crippen LogP contribution in [-0.4, -0.2) is 13.1 Å². The van der Waals surface area contributed by atoms with E-state index in [9.17, 15) is 4.79 Å². The van der Waals surface area contributed by atoms with Crippen molar-refractivity contribution in [2.75, 3.05) is 7.11 Å². The van der Waals surface area contributed by atoms with Gasteiger partial charge in [0.05, 0.1) is 7.11 Å². The quantitative estimate of drug-likeness (QED) is 0.308. The smallest absolute Gasteiger partial charge is 0.305 e. The van der Waals surface area contributed by atoms with E-state index in [2.05, 4.69) is 32.4 Å². The maximum absolute atomic E-state index is 11.0. The molecule has 2 heteroatoms. The highest BCUT2D eigenvalue weighted by molar-refractivity contribution is 5.68. The Balaban J connectivity index is 3.43. The van der Waals surface area contributed by atoms with Crippen molar-refractivity contribution in [3.63, 3.8) is 0 Å². The average molecular weight is 299 g/mol. The van der Waals surface area contributed by atoms with Crippen LogP contribution in [-0.2, 0) is 9.53 Å². The van der Waals surface area contributed by atoms with E-state index in [-0.39, 0.29) is 5.97 Å². The van der Waals surface area contributed by atoms with E-state index in [1.54, 1.807) is 0 Å². The minimum Gasteiger partial charge on any atom is -0.469 e. The topological polar surface area (TPSA) is 26.3 Å². The molecule has 0 aromatic heterocycles. The normalized spacial score (nSPS) is 14.2. The van der Waals surface area contributed by atoms with Crippen LogP contribution in [0, 0.1) is 17.8 Å². The number of methoxy groups -OCH3 is 1. The Hall–Kier alpha value is -0.530. The van der Waals surface area contributed by atoms with Gasteiger partial charge in [-0.05, 0) is 24.2 Å². The van der Waals surface area contributed by atoms with E-state index in [0.29, 0.717) is 6.42 Å². The van der Waals surface area contributed by atoms with Crippen molar-refractivity contribution < 1.29 is 9.53 Å². The second kappa shape index (κ2) is 13.2. The monoisotopic (exact) mass is 298 g/mol. The third-order valence-corrected chi connectivity index (χ3v) is 4.43. The predicted molar refractivity (Wildman–Crippen MR) is 91.4 cm³/mol. The van der Waals surface area contributed by atoms with Gasteiger partial charge in [-0.3, -0.25) is 4.79 Å². The van der Waals surface area contributed by atoms with Crippen molar-refractivity contribution in [3.8, 4) is 0 Å². The lowest BCUT2D eigenvalue weighted by Crippen LogP contribution is -2.02. The largest absolute Gasteiger partial charge is 0.469 e. The Bertz CT molecular complexity index is 248. The van der Waals surface area contributed by atoms with Gasteiger partial charge in [0.25, 0.3) is 0 Å². The van der Waals surface area contributed by atoms with Crippen LogP contribution in [0.4, 0.5) is 0 Å². The van der Waals surface area contributed by atoms with Gasteiger partial charge in [-0.1, -0.05) is 79.1 Å². The summed E-state index contributed by atoms with van der Waals surface area (Å²) in [4.78, 5) is 11.0. The molecular weight excluding hydrogens is 260 g/mol. The molecule has 0 aliphatic carbocycles. The highest BCUT2D eigenvalue weighted by atomic mass is 16.5. The van der Waals surface area contributed by atoms with Gasteiger partial charge in [0, 0.05) is 6.42 Å². The first-order valence-corrected chi connectivity index (χ1v) is 9.02. The molecule has 0 amide bonds. The molecule has 0 N–H and O–H groups in total. The first kappa shape index (κ1) is 20.5. The molecule has 2 atom stereocenters. The van der Waals surface area contributed by atoms with Gasteiger partial charge < -0.3 is 4.74 Å². The molecule has 0 aliphatic rings. The number of esters is 1. The number of hydrogen-bond donors (Lipinski definition) is 0. The van der Waals surface area contributed by atoms with Crippen LogP contribution in [0.3, 0.4) is 0 Å². The zero-order valence-electron chi connectivity index (χ0n) is 15.1. The summed E-state index contributed by atoms with van der Waals surface area (Å²) in [5.74, 6) is 2.46. The molecule has 0 saturated heterocycles. The summed E-state index contributed by atoms with van der Waals surface area (Å²) in [7, 11) is 1.47. The van der Waals surface area contributed by atoms with Crippen LogP contribution in [0.5, 0.6) is 0 Å². The van der Waals surface area contributed by atoms with Crippen molar-refractivity contribution >= 4 is 5.97 Å². The van der Waals surface area contributed by atoms with E-state index < -0.39 is 0 Å². The summed E-state index contributed by atoms with van der Waals surface area (Å²) in [6.07, 6.45) is 12.2. The molecule has 0 spiro atoms. The van der Waals surface area contributed by atoms with Gasteiger partial charge in [0.2, 0.25) is 0 Å². The maximum Gasteiger partial charge on any atom is 0.305 e. The minimum atomic E-state index is -0.0714. The Labute approximate surface area is 133 Å². The molecule has 0 radical (unpaired) electrons. The van der Waals surface area contributed by atoms with Crippen LogP contribution in [0.2, 0.25) is 0 Å². The van der Waals surface area contributed by atoms with Crippen molar-refractivity contribution in [2.45, 2.75) is 91.9 Å². The number of rotatable bonds is 13. The second-order valence-corrected chi connectivity index (χ2v) is 7.29. The van der Waals surface area contributed by atoms with E-state index >= 15 is 0 Å². The zero-order chi connectivity index (χ0) is 16.1. The highest BCUT2D eigenvalue weighted by Crippen LogP contribution is 2.21. The van der Waals surface area contributed by atoms with Crippen LogP contribution in [0.15, 0.2) is 0 Å². The molecule has 0 fully saturated rings. The maximum atomic E-state index is 11.0. The summed E-state index contributed by atoms with van der Waals surface area (Å²) >= 11 is 0. The Morgan fingerprint density at radius 2 is 1.24 bits per heavy atom. The molecule has 2 nitrogen and oxygen atoms in total. The number of hydrogen-bond acceptors (Lipinski definition) is 2. The summed E-state index contributed by atoms with van der Waals surface area (Å²) in [5, 5.41) is 0. The first-order chi connectivity index (χ1) is 9.95. The predicted octanol–water partition coefficient (Wildman–Crippen LogP) is 5.99. The molecule has 0 bridgehead atoms. The lowest BCUT2D eigenvalue weighted by molar-refractivity contribution is -0.140. The average Bonchev–Trinajstić information content (AvgIpc) is 2.42.